The maximum atomic E-state index is 10.1. The van der Waals surface area contributed by atoms with Gasteiger partial charge >= 0.3 is 0 Å². The van der Waals surface area contributed by atoms with Gasteiger partial charge in [-0.25, -0.2) is 0 Å². The smallest absolute Gasteiger partial charge is 0.229 e. The van der Waals surface area contributed by atoms with E-state index in [-0.39, 0.29) is 0 Å². The second-order valence-electron chi connectivity index (χ2n) is 7.64. The second-order valence-corrected chi connectivity index (χ2v) is 7.64. The van der Waals surface area contributed by atoms with Gasteiger partial charge in [0.15, 0.2) is 0 Å². The molecule has 0 radical (unpaired) electrons. The predicted molar refractivity (Wildman–Crippen MR) is 103 cm³/mol. The molecule has 5 atom stereocenters. The summed E-state index contributed by atoms with van der Waals surface area (Å²) in [5.41, 5.74) is 2.18. The van der Waals surface area contributed by atoms with Crippen LogP contribution in [0.15, 0.2) is 24.4 Å². The number of H-pyrrole nitrogens is 1. The summed E-state index contributed by atoms with van der Waals surface area (Å²) < 4.78 is 11.2. The van der Waals surface area contributed by atoms with Crippen LogP contribution < -0.4 is 4.74 Å². The number of nitrogens with one attached hydrogen (secondary N) is 1. The van der Waals surface area contributed by atoms with Gasteiger partial charge in [-0.3, -0.25) is 0 Å². The molecule has 1 aromatic heterocycles. The van der Waals surface area contributed by atoms with E-state index in [1.54, 1.807) is 6.92 Å². The van der Waals surface area contributed by atoms with Crippen LogP contribution in [0.2, 0.25) is 0 Å². The summed E-state index contributed by atoms with van der Waals surface area (Å²) in [6.45, 7) is 6.96. The number of rotatable bonds is 6. The highest BCUT2D eigenvalue weighted by Gasteiger charge is 2.43. The third kappa shape index (κ3) is 4.28. The minimum atomic E-state index is -1.32. The largest absolute Gasteiger partial charge is 0.462 e. The molecule has 1 aliphatic rings. The number of hydrogen-bond acceptors (Lipinski definition) is 6. The SMILES string of the molecule is CC1OC(Oc2ccc3c(CCN(C)C(C)C)c[nH]c3c2)C(O)C(O)C1O. The van der Waals surface area contributed by atoms with Crippen LogP contribution in [0.4, 0.5) is 0 Å². The standard InChI is InChI=1S/C20H30N2O5/c1-11(2)22(4)8-7-13-10-21-16-9-14(5-6-15(13)16)27-20-19(25)18(24)17(23)12(3)26-20/h5-6,9-12,17-21,23-25H,7-8H2,1-4H3. The molecule has 1 fully saturated rings. The number of fused-ring (bicyclic) bond motifs is 1. The minimum Gasteiger partial charge on any atom is -0.462 e. The van der Waals surface area contributed by atoms with Crippen molar-refractivity contribution in [3.63, 3.8) is 0 Å². The van der Waals surface area contributed by atoms with E-state index in [0.29, 0.717) is 11.8 Å². The Hall–Kier alpha value is -1.64. The van der Waals surface area contributed by atoms with E-state index in [4.69, 9.17) is 9.47 Å². The molecule has 0 bridgehead atoms. The summed E-state index contributed by atoms with van der Waals surface area (Å²) in [5.74, 6) is 0.523. The molecular weight excluding hydrogens is 348 g/mol. The summed E-state index contributed by atoms with van der Waals surface area (Å²) >= 11 is 0. The fraction of sp³-hybridized carbons (Fsp3) is 0.600. The topological polar surface area (TPSA) is 98.2 Å². The molecule has 7 heteroatoms. The van der Waals surface area contributed by atoms with Crippen molar-refractivity contribution in [1.82, 2.24) is 9.88 Å². The normalized spacial score (nSPS) is 29.0. The molecule has 150 valence electrons. The van der Waals surface area contributed by atoms with E-state index < -0.39 is 30.7 Å². The Morgan fingerprint density at radius 1 is 1.19 bits per heavy atom. The van der Waals surface area contributed by atoms with Gasteiger partial charge in [-0.2, -0.15) is 0 Å². The first-order chi connectivity index (χ1) is 12.8. The molecule has 2 aromatic rings. The van der Waals surface area contributed by atoms with Crippen LogP contribution in [-0.2, 0) is 11.2 Å². The highest BCUT2D eigenvalue weighted by Crippen LogP contribution is 2.28. The third-order valence-corrected chi connectivity index (χ3v) is 5.41. The lowest BCUT2D eigenvalue weighted by molar-refractivity contribution is -0.268. The van der Waals surface area contributed by atoms with E-state index in [1.807, 2.05) is 24.4 Å². The highest BCUT2D eigenvalue weighted by atomic mass is 16.7. The molecule has 4 N–H and O–H groups in total. The molecule has 0 saturated carbocycles. The zero-order valence-corrected chi connectivity index (χ0v) is 16.3. The van der Waals surface area contributed by atoms with Gasteiger partial charge in [0.25, 0.3) is 0 Å². The van der Waals surface area contributed by atoms with Crippen molar-refractivity contribution >= 4 is 10.9 Å². The van der Waals surface area contributed by atoms with Gasteiger partial charge in [0.05, 0.1) is 6.10 Å². The van der Waals surface area contributed by atoms with Crippen LogP contribution in [0.25, 0.3) is 10.9 Å². The Kier molecular flexibility index (Phi) is 6.08. The monoisotopic (exact) mass is 378 g/mol. The zero-order valence-electron chi connectivity index (χ0n) is 16.3. The van der Waals surface area contributed by atoms with Crippen LogP contribution >= 0.6 is 0 Å². The van der Waals surface area contributed by atoms with E-state index in [0.717, 1.165) is 23.9 Å². The third-order valence-electron chi connectivity index (χ3n) is 5.41. The number of nitrogens with zero attached hydrogens (tertiary/aromatic N) is 1. The molecule has 0 aliphatic carbocycles. The molecule has 1 aromatic carbocycles. The second kappa shape index (κ2) is 8.16. The van der Waals surface area contributed by atoms with Gasteiger partial charge in [0.1, 0.15) is 24.1 Å². The molecule has 2 heterocycles. The quantitative estimate of drug-likeness (QED) is 0.604. The predicted octanol–water partition coefficient (Wildman–Crippen LogP) is 1.26. The molecule has 0 spiro atoms. The molecule has 1 aliphatic heterocycles. The Morgan fingerprint density at radius 3 is 2.63 bits per heavy atom. The number of likely N-dealkylation sites (N-methyl/N-ethyl adjacent to an activating group) is 1. The van der Waals surface area contributed by atoms with Crippen LogP contribution in [-0.4, -0.2) is 75.5 Å². The number of benzene rings is 1. The van der Waals surface area contributed by atoms with Crippen molar-refractivity contribution in [2.75, 3.05) is 13.6 Å². The number of aromatic nitrogens is 1. The summed E-state index contributed by atoms with van der Waals surface area (Å²) in [6, 6.07) is 6.16. The number of ether oxygens (including phenoxy) is 2. The lowest BCUT2D eigenvalue weighted by Crippen LogP contribution is -2.58. The van der Waals surface area contributed by atoms with Crippen molar-refractivity contribution < 1.29 is 24.8 Å². The maximum Gasteiger partial charge on any atom is 0.229 e. The fourth-order valence-electron chi connectivity index (χ4n) is 3.25. The van der Waals surface area contributed by atoms with Crippen LogP contribution in [0, 0.1) is 0 Å². The highest BCUT2D eigenvalue weighted by molar-refractivity contribution is 5.84. The van der Waals surface area contributed by atoms with E-state index in [1.165, 1.54) is 5.56 Å². The van der Waals surface area contributed by atoms with Gasteiger partial charge in [0.2, 0.25) is 6.29 Å². The Morgan fingerprint density at radius 2 is 1.93 bits per heavy atom. The maximum absolute atomic E-state index is 10.1. The van der Waals surface area contributed by atoms with Gasteiger partial charge in [0, 0.05) is 35.8 Å². The molecule has 1 saturated heterocycles. The molecule has 7 nitrogen and oxygen atoms in total. The molecule has 27 heavy (non-hydrogen) atoms. The van der Waals surface area contributed by atoms with Gasteiger partial charge in [-0.15, -0.1) is 0 Å². The first-order valence-electron chi connectivity index (χ1n) is 9.44. The summed E-state index contributed by atoms with van der Waals surface area (Å²) in [4.78, 5) is 5.57. The van der Waals surface area contributed by atoms with Gasteiger partial charge in [-0.1, -0.05) is 0 Å². The molecular formula is C20H30N2O5. The Bertz CT molecular complexity index is 762. The lowest BCUT2D eigenvalue weighted by Gasteiger charge is -2.38. The van der Waals surface area contributed by atoms with Crippen molar-refractivity contribution in [2.45, 2.75) is 63.9 Å². The summed E-state index contributed by atoms with van der Waals surface area (Å²) in [6.07, 6.45) is -2.48. The van der Waals surface area contributed by atoms with Crippen LogP contribution in [0.5, 0.6) is 5.75 Å². The van der Waals surface area contributed by atoms with E-state index >= 15 is 0 Å². The number of hydrogen-bond donors (Lipinski definition) is 4. The minimum absolute atomic E-state index is 0.508. The van der Waals surface area contributed by atoms with Gasteiger partial charge < -0.3 is 34.7 Å². The number of aromatic amines is 1. The number of aliphatic hydroxyl groups is 3. The first-order valence-corrected chi connectivity index (χ1v) is 9.44. The van der Waals surface area contributed by atoms with Crippen LogP contribution in [0.3, 0.4) is 0 Å². The van der Waals surface area contributed by atoms with Crippen LogP contribution in [0.1, 0.15) is 26.3 Å². The summed E-state index contributed by atoms with van der Waals surface area (Å²) in [5, 5.41) is 30.9. The molecule has 5 unspecified atom stereocenters. The van der Waals surface area contributed by atoms with E-state index in [2.05, 4.69) is 30.8 Å². The Balaban J connectivity index is 1.70. The number of aliphatic hydroxyl groups excluding tert-OH is 3. The Labute approximate surface area is 159 Å². The molecule has 0 amide bonds. The average Bonchev–Trinajstić information content (AvgIpc) is 3.04. The molecule has 3 rings (SSSR count). The fourth-order valence-corrected chi connectivity index (χ4v) is 3.25. The average molecular weight is 378 g/mol. The summed E-state index contributed by atoms with van der Waals surface area (Å²) in [7, 11) is 2.12. The van der Waals surface area contributed by atoms with Crippen molar-refractivity contribution in [1.29, 1.82) is 0 Å². The van der Waals surface area contributed by atoms with E-state index in [9.17, 15) is 15.3 Å². The van der Waals surface area contributed by atoms with Crippen molar-refractivity contribution in [3.05, 3.63) is 30.0 Å². The van der Waals surface area contributed by atoms with Crippen molar-refractivity contribution in [3.8, 4) is 5.75 Å². The first kappa shape index (κ1) is 20.1. The van der Waals surface area contributed by atoms with Crippen molar-refractivity contribution in [2.24, 2.45) is 0 Å². The van der Waals surface area contributed by atoms with Gasteiger partial charge in [-0.05, 0) is 51.9 Å². The zero-order chi connectivity index (χ0) is 19.7. The lowest BCUT2D eigenvalue weighted by atomic mass is 10.00.